The van der Waals surface area contributed by atoms with Crippen LogP contribution in [0, 0.1) is 5.92 Å². The van der Waals surface area contributed by atoms with Crippen molar-refractivity contribution in [1.82, 2.24) is 4.98 Å². The normalized spacial score (nSPS) is 14.0. The Labute approximate surface area is 146 Å². The Hall–Kier alpha value is -2.15. The maximum atomic E-state index is 4.58. The van der Waals surface area contributed by atoms with E-state index < -0.39 is 0 Å². The predicted octanol–water partition coefficient (Wildman–Crippen LogP) is 5.99. The number of allylic oxidation sites excluding steroid dienone is 4. The van der Waals surface area contributed by atoms with Crippen molar-refractivity contribution in [3.63, 3.8) is 0 Å². The molecule has 0 spiro atoms. The van der Waals surface area contributed by atoms with E-state index in [1.807, 2.05) is 6.20 Å². The zero-order valence-electron chi connectivity index (χ0n) is 15.0. The summed E-state index contributed by atoms with van der Waals surface area (Å²) < 4.78 is 0. The summed E-state index contributed by atoms with van der Waals surface area (Å²) in [6, 6.07) is 13.4. The molecule has 3 rings (SSSR count). The summed E-state index contributed by atoms with van der Waals surface area (Å²) in [6.07, 6.45) is 10.8. The van der Waals surface area contributed by atoms with Gasteiger partial charge in [-0.3, -0.25) is 4.98 Å². The van der Waals surface area contributed by atoms with Gasteiger partial charge in [0.1, 0.15) is 0 Å². The lowest BCUT2D eigenvalue weighted by Crippen LogP contribution is -1.96. The van der Waals surface area contributed by atoms with Crippen molar-refractivity contribution in [1.29, 1.82) is 0 Å². The number of aryl methyl sites for hydroxylation is 1. The number of nitrogens with zero attached hydrogens (tertiary/aromatic N) is 1. The summed E-state index contributed by atoms with van der Waals surface area (Å²) in [4.78, 5) is 4.58. The number of hydrogen-bond donors (Lipinski definition) is 0. The Balaban J connectivity index is 1.71. The highest BCUT2D eigenvalue weighted by atomic mass is 14.7. The first-order valence-corrected chi connectivity index (χ1v) is 8.99. The monoisotopic (exact) mass is 317 g/mol. The van der Waals surface area contributed by atoms with E-state index in [4.69, 9.17) is 0 Å². The maximum absolute atomic E-state index is 4.58. The molecule has 2 aromatic rings. The summed E-state index contributed by atoms with van der Waals surface area (Å²) in [5.41, 5.74) is 8.09. The standard InChI is InChI=1S/C23H27N/c1-17(2)7-9-19-5-4-6-20(14-19)15-23-16-22(11-12-24-23)21-10-8-18(3)13-21/h4-6,8,10-12,14,16-17H,7,9,13,15H2,1-3H3. The highest BCUT2D eigenvalue weighted by Crippen LogP contribution is 2.28. The molecule has 1 aromatic heterocycles. The van der Waals surface area contributed by atoms with Crippen LogP contribution in [0.1, 0.15) is 56.0 Å². The van der Waals surface area contributed by atoms with E-state index in [2.05, 4.69) is 74.3 Å². The van der Waals surface area contributed by atoms with E-state index in [1.54, 1.807) is 0 Å². The summed E-state index contributed by atoms with van der Waals surface area (Å²) in [7, 11) is 0. The van der Waals surface area contributed by atoms with Gasteiger partial charge in [-0.1, -0.05) is 55.8 Å². The third-order valence-electron chi connectivity index (χ3n) is 4.61. The molecule has 0 bridgehead atoms. The van der Waals surface area contributed by atoms with E-state index in [1.165, 1.54) is 34.3 Å². The highest BCUT2D eigenvalue weighted by molar-refractivity contribution is 5.72. The third kappa shape index (κ3) is 4.44. The second kappa shape index (κ2) is 7.61. The average molecular weight is 317 g/mol. The van der Waals surface area contributed by atoms with Gasteiger partial charge >= 0.3 is 0 Å². The Kier molecular flexibility index (Phi) is 5.30. The van der Waals surface area contributed by atoms with Gasteiger partial charge in [-0.15, -0.1) is 0 Å². The minimum atomic E-state index is 0.753. The first kappa shape index (κ1) is 16.7. The van der Waals surface area contributed by atoms with Crippen molar-refractivity contribution in [3.8, 4) is 0 Å². The molecule has 1 heterocycles. The van der Waals surface area contributed by atoms with E-state index in [-0.39, 0.29) is 0 Å². The van der Waals surface area contributed by atoms with Crippen molar-refractivity contribution in [2.24, 2.45) is 5.92 Å². The van der Waals surface area contributed by atoms with Gasteiger partial charge in [0, 0.05) is 18.3 Å². The SMILES string of the molecule is CC1=CC=C(c2ccnc(Cc3cccc(CCC(C)C)c3)c2)C1. The smallest absolute Gasteiger partial charge is 0.0453 e. The van der Waals surface area contributed by atoms with Gasteiger partial charge in [0.2, 0.25) is 0 Å². The number of benzene rings is 1. The summed E-state index contributed by atoms with van der Waals surface area (Å²) >= 11 is 0. The second-order valence-electron chi connectivity index (χ2n) is 7.35. The van der Waals surface area contributed by atoms with E-state index in [0.717, 1.165) is 30.9 Å². The Morgan fingerprint density at radius 3 is 2.62 bits per heavy atom. The molecule has 0 fully saturated rings. The van der Waals surface area contributed by atoms with Gasteiger partial charge in [0.15, 0.2) is 0 Å². The number of rotatable bonds is 6. The minimum Gasteiger partial charge on any atom is -0.261 e. The molecule has 24 heavy (non-hydrogen) atoms. The Morgan fingerprint density at radius 2 is 1.88 bits per heavy atom. The second-order valence-corrected chi connectivity index (χ2v) is 7.35. The van der Waals surface area contributed by atoms with E-state index in [9.17, 15) is 0 Å². The summed E-state index contributed by atoms with van der Waals surface area (Å²) in [5, 5.41) is 0. The van der Waals surface area contributed by atoms with E-state index >= 15 is 0 Å². The van der Waals surface area contributed by atoms with Crippen molar-refractivity contribution >= 4 is 5.57 Å². The zero-order valence-corrected chi connectivity index (χ0v) is 15.0. The molecule has 0 radical (unpaired) electrons. The van der Waals surface area contributed by atoms with Gasteiger partial charge in [-0.2, -0.15) is 0 Å². The highest BCUT2D eigenvalue weighted by Gasteiger charge is 2.09. The molecule has 0 aliphatic heterocycles. The topological polar surface area (TPSA) is 12.9 Å². The van der Waals surface area contributed by atoms with Crippen LogP contribution in [0.4, 0.5) is 0 Å². The quantitative estimate of drug-likeness (QED) is 0.637. The predicted molar refractivity (Wildman–Crippen MR) is 103 cm³/mol. The number of hydrogen-bond acceptors (Lipinski definition) is 1. The van der Waals surface area contributed by atoms with Crippen LogP contribution in [0.5, 0.6) is 0 Å². The van der Waals surface area contributed by atoms with Crippen LogP contribution in [0.25, 0.3) is 5.57 Å². The van der Waals surface area contributed by atoms with Crippen LogP contribution in [-0.2, 0) is 12.8 Å². The maximum Gasteiger partial charge on any atom is 0.0453 e. The zero-order chi connectivity index (χ0) is 16.9. The number of aromatic nitrogens is 1. The molecule has 124 valence electrons. The first-order chi connectivity index (χ1) is 11.6. The molecule has 1 heteroatoms. The number of pyridine rings is 1. The van der Waals surface area contributed by atoms with Crippen molar-refractivity contribution in [3.05, 3.63) is 82.7 Å². The summed E-state index contributed by atoms with van der Waals surface area (Å²) in [5.74, 6) is 0.753. The molecule has 1 aliphatic rings. The third-order valence-corrected chi connectivity index (χ3v) is 4.61. The Morgan fingerprint density at radius 1 is 1.04 bits per heavy atom. The van der Waals surface area contributed by atoms with E-state index in [0.29, 0.717) is 0 Å². The molecule has 0 saturated heterocycles. The lowest BCUT2D eigenvalue weighted by molar-refractivity contribution is 0.586. The minimum absolute atomic E-state index is 0.753. The molecule has 1 aliphatic carbocycles. The molecule has 0 unspecified atom stereocenters. The molecule has 0 atom stereocenters. The molecular weight excluding hydrogens is 290 g/mol. The fourth-order valence-corrected chi connectivity index (χ4v) is 3.19. The van der Waals surface area contributed by atoms with Gasteiger partial charge in [-0.25, -0.2) is 0 Å². The van der Waals surface area contributed by atoms with Gasteiger partial charge in [0.05, 0.1) is 0 Å². The molecular formula is C23H27N. The average Bonchev–Trinajstić information content (AvgIpc) is 3.00. The largest absolute Gasteiger partial charge is 0.261 e. The lowest BCUT2D eigenvalue weighted by Gasteiger charge is -2.09. The van der Waals surface area contributed by atoms with Crippen LogP contribution in [0.15, 0.2) is 60.3 Å². The van der Waals surface area contributed by atoms with Crippen LogP contribution < -0.4 is 0 Å². The van der Waals surface area contributed by atoms with Crippen LogP contribution in [0.2, 0.25) is 0 Å². The van der Waals surface area contributed by atoms with Gasteiger partial charge in [0.25, 0.3) is 0 Å². The fraction of sp³-hybridized carbons (Fsp3) is 0.348. The molecule has 0 saturated carbocycles. The van der Waals surface area contributed by atoms with Crippen LogP contribution >= 0.6 is 0 Å². The first-order valence-electron chi connectivity index (χ1n) is 8.99. The van der Waals surface area contributed by atoms with Gasteiger partial charge < -0.3 is 0 Å². The van der Waals surface area contributed by atoms with Crippen molar-refractivity contribution in [2.75, 3.05) is 0 Å². The van der Waals surface area contributed by atoms with Crippen LogP contribution in [-0.4, -0.2) is 4.98 Å². The van der Waals surface area contributed by atoms with Gasteiger partial charge in [-0.05, 0) is 66.5 Å². The molecule has 1 aromatic carbocycles. The molecule has 1 nitrogen and oxygen atoms in total. The van der Waals surface area contributed by atoms with Crippen molar-refractivity contribution < 1.29 is 0 Å². The van der Waals surface area contributed by atoms with Crippen LogP contribution in [0.3, 0.4) is 0 Å². The Bertz CT molecular complexity index is 765. The lowest BCUT2D eigenvalue weighted by atomic mass is 9.98. The summed E-state index contributed by atoms with van der Waals surface area (Å²) in [6.45, 7) is 6.76. The molecule has 0 amide bonds. The van der Waals surface area contributed by atoms with Crippen molar-refractivity contribution in [2.45, 2.75) is 46.5 Å². The fourth-order valence-electron chi connectivity index (χ4n) is 3.19. The molecule has 0 N–H and O–H groups in total.